The second kappa shape index (κ2) is 8.69. The maximum absolute atomic E-state index is 12.6. The normalized spacial score (nSPS) is 18.3. The topological polar surface area (TPSA) is 105 Å². The molecule has 160 valence electrons. The molecular weight excluding hydrogens is 398 g/mol. The van der Waals surface area contributed by atoms with Crippen LogP contribution in [-0.4, -0.2) is 41.2 Å². The van der Waals surface area contributed by atoms with Crippen molar-refractivity contribution in [3.8, 4) is 5.75 Å². The van der Waals surface area contributed by atoms with E-state index in [1.807, 2.05) is 17.9 Å². The average Bonchev–Trinajstić information content (AvgIpc) is 3.17. The third-order valence-electron chi connectivity index (χ3n) is 5.52. The maximum atomic E-state index is 12.6. The second-order valence-electron chi connectivity index (χ2n) is 7.60. The zero-order valence-electron chi connectivity index (χ0n) is 17.1. The predicted octanol–water partition coefficient (Wildman–Crippen LogP) is 1.78. The van der Waals surface area contributed by atoms with Crippen LogP contribution >= 0.6 is 0 Å². The minimum absolute atomic E-state index is 0.242. The van der Waals surface area contributed by atoms with Gasteiger partial charge in [0, 0.05) is 30.6 Å². The molecule has 0 spiro atoms. The number of amides is 4. The van der Waals surface area contributed by atoms with Crippen LogP contribution < -0.4 is 15.4 Å². The number of carbonyl (C=O) groups excluding carboxylic acids is 4. The van der Waals surface area contributed by atoms with E-state index in [4.69, 9.17) is 4.74 Å². The molecule has 4 amide bonds. The maximum Gasteiger partial charge on any atom is 0.258 e. The van der Waals surface area contributed by atoms with E-state index in [1.165, 1.54) is 0 Å². The van der Waals surface area contributed by atoms with Gasteiger partial charge in [-0.25, -0.2) is 0 Å². The van der Waals surface area contributed by atoms with Gasteiger partial charge in [-0.15, -0.1) is 0 Å². The molecule has 2 N–H and O–H groups in total. The van der Waals surface area contributed by atoms with Gasteiger partial charge in [-0.3, -0.25) is 34.7 Å². The molecule has 2 aromatic carbocycles. The summed E-state index contributed by atoms with van der Waals surface area (Å²) in [7, 11) is 0. The molecule has 1 saturated heterocycles. The van der Waals surface area contributed by atoms with Crippen LogP contribution in [0.2, 0.25) is 0 Å². The van der Waals surface area contributed by atoms with E-state index in [1.54, 1.807) is 36.4 Å². The molecule has 2 aliphatic rings. The zero-order chi connectivity index (χ0) is 22.0. The molecule has 31 heavy (non-hydrogen) atoms. The third kappa shape index (κ3) is 4.49. The highest BCUT2D eigenvalue weighted by molar-refractivity contribution is 6.10. The summed E-state index contributed by atoms with van der Waals surface area (Å²) in [6, 6.07) is 11.5. The summed E-state index contributed by atoms with van der Waals surface area (Å²) in [6.07, 6.45) is 0.813. The molecule has 0 radical (unpaired) electrons. The lowest BCUT2D eigenvalue weighted by Crippen LogP contribution is -2.50. The largest absolute Gasteiger partial charge is 0.494 e. The summed E-state index contributed by atoms with van der Waals surface area (Å²) in [4.78, 5) is 50.5. The van der Waals surface area contributed by atoms with Gasteiger partial charge in [0.25, 0.3) is 11.8 Å². The van der Waals surface area contributed by atoms with Gasteiger partial charge in [0.15, 0.2) is 0 Å². The molecule has 1 atom stereocenters. The van der Waals surface area contributed by atoms with Crippen LogP contribution in [0, 0.1) is 0 Å². The number of nitrogens with zero attached hydrogens (tertiary/aromatic N) is 1. The fourth-order valence-electron chi connectivity index (χ4n) is 3.93. The number of nitrogens with one attached hydrogen (secondary N) is 2. The van der Waals surface area contributed by atoms with Crippen molar-refractivity contribution < 1.29 is 23.9 Å². The molecule has 2 aromatic rings. The fourth-order valence-corrected chi connectivity index (χ4v) is 3.93. The molecule has 2 aliphatic heterocycles. The van der Waals surface area contributed by atoms with Gasteiger partial charge in [0.2, 0.25) is 11.8 Å². The van der Waals surface area contributed by atoms with E-state index in [2.05, 4.69) is 10.6 Å². The van der Waals surface area contributed by atoms with Crippen molar-refractivity contribution in [2.75, 3.05) is 6.61 Å². The fraction of sp³-hybridized carbons (Fsp3) is 0.304. The minimum atomic E-state index is -0.487. The van der Waals surface area contributed by atoms with Crippen LogP contribution in [0.1, 0.15) is 51.6 Å². The molecule has 0 bridgehead atoms. The number of piperidine rings is 1. The van der Waals surface area contributed by atoms with E-state index < -0.39 is 11.8 Å². The Morgan fingerprint density at radius 2 is 1.71 bits per heavy atom. The Bertz CT molecular complexity index is 1050. The summed E-state index contributed by atoms with van der Waals surface area (Å²) in [5.74, 6) is -0.832. The van der Waals surface area contributed by atoms with Gasteiger partial charge >= 0.3 is 0 Å². The van der Waals surface area contributed by atoms with E-state index in [9.17, 15) is 19.2 Å². The van der Waals surface area contributed by atoms with Crippen molar-refractivity contribution in [1.82, 2.24) is 15.5 Å². The number of benzene rings is 2. The van der Waals surface area contributed by atoms with Gasteiger partial charge in [0.05, 0.1) is 12.6 Å². The molecule has 1 unspecified atom stereocenters. The minimum Gasteiger partial charge on any atom is -0.494 e. The first-order valence-corrected chi connectivity index (χ1v) is 10.2. The van der Waals surface area contributed by atoms with Crippen molar-refractivity contribution in [1.29, 1.82) is 0 Å². The Morgan fingerprint density at radius 3 is 2.42 bits per heavy atom. The molecule has 0 aromatic heterocycles. The Labute approximate surface area is 179 Å². The van der Waals surface area contributed by atoms with Crippen molar-refractivity contribution in [3.63, 3.8) is 0 Å². The number of ether oxygens (including phenoxy) is 1. The highest BCUT2D eigenvalue weighted by atomic mass is 16.5. The molecule has 4 rings (SSSR count). The van der Waals surface area contributed by atoms with Gasteiger partial charge in [-0.1, -0.05) is 6.07 Å². The molecule has 0 saturated carbocycles. The van der Waals surface area contributed by atoms with Crippen LogP contribution in [-0.2, 0) is 22.7 Å². The van der Waals surface area contributed by atoms with Crippen molar-refractivity contribution in [2.45, 2.75) is 38.9 Å². The van der Waals surface area contributed by atoms with Crippen molar-refractivity contribution in [2.24, 2.45) is 0 Å². The lowest BCUT2D eigenvalue weighted by Gasteiger charge is -2.29. The van der Waals surface area contributed by atoms with Crippen LogP contribution in [0.15, 0.2) is 42.5 Å². The summed E-state index contributed by atoms with van der Waals surface area (Å²) >= 11 is 0. The van der Waals surface area contributed by atoms with Gasteiger partial charge in [-0.05, 0) is 60.9 Å². The average molecular weight is 421 g/mol. The number of imide groups is 2. The SMILES string of the molecule is CCOc1ccc(C(=O)NC(=O)c2ccc3c(c2)CN(C2CCC(=O)NC2=O)C3)cc1. The molecule has 8 heteroatoms. The van der Waals surface area contributed by atoms with Crippen LogP contribution in [0.25, 0.3) is 0 Å². The lowest BCUT2D eigenvalue weighted by atomic mass is 10.0. The lowest BCUT2D eigenvalue weighted by molar-refractivity contribution is -0.137. The second-order valence-corrected chi connectivity index (χ2v) is 7.60. The molecule has 0 aliphatic carbocycles. The van der Waals surface area contributed by atoms with E-state index in [0.717, 1.165) is 11.1 Å². The number of hydrogen-bond acceptors (Lipinski definition) is 6. The standard InChI is InChI=1S/C23H23N3O5/c1-2-31-18-7-5-14(6-8-18)21(28)25-22(29)15-3-4-16-12-26(13-17(16)11-15)19-9-10-20(27)24-23(19)30/h3-8,11,19H,2,9-10,12-13H2,1H3,(H,24,27,30)(H,25,28,29). The quantitative estimate of drug-likeness (QED) is 0.713. The highest BCUT2D eigenvalue weighted by Gasteiger charge is 2.34. The number of fused-ring (bicyclic) bond motifs is 1. The van der Waals surface area contributed by atoms with E-state index in [-0.39, 0.29) is 17.9 Å². The Morgan fingerprint density at radius 1 is 1.03 bits per heavy atom. The van der Waals surface area contributed by atoms with Crippen LogP contribution in [0.4, 0.5) is 0 Å². The first kappa shape index (κ1) is 20.7. The van der Waals surface area contributed by atoms with Gasteiger partial charge < -0.3 is 4.74 Å². The van der Waals surface area contributed by atoms with Crippen molar-refractivity contribution in [3.05, 3.63) is 64.7 Å². The predicted molar refractivity (Wildman–Crippen MR) is 111 cm³/mol. The molecule has 8 nitrogen and oxygen atoms in total. The Kier molecular flexibility index (Phi) is 5.81. The molecular formula is C23H23N3O5. The zero-order valence-corrected chi connectivity index (χ0v) is 17.1. The monoisotopic (exact) mass is 421 g/mol. The van der Waals surface area contributed by atoms with E-state index in [0.29, 0.717) is 49.4 Å². The van der Waals surface area contributed by atoms with Crippen molar-refractivity contribution >= 4 is 23.6 Å². The van der Waals surface area contributed by atoms with Crippen LogP contribution in [0.5, 0.6) is 5.75 Å². The Balaban J connectivity index is 1.40. The summed E-state index contributed by atoms with van der Waals surface area (Å²) in [5, 5.41) is 4.79. The number of rotatable bonds is 5. The molecule has 1 fully saturated rings. The molecule has 2 heterocycles. The summed E-state index contributed by atoms with van der Waals surface area (Å²) in [6.45, 7) is 3.49. The first-order valence-electron chi connectivity index (χ1n) is 10.2. The highest BCUT2D eigenvalue weighted by Crippen LogP contribution is 2.28. The smallest absolute Gasteiger partial charge is 0.258 e. The number of hydrogen-bond donors (Lipinski definition) is 2. The van der Waals surface area contributed by atoms with E-state index >= 15 is 0 Å². The third-order valence-corrected chi connectivity index (χ3v) is 5.52. The number of carbonyl (C=O) groups is 4. The van der Waals surface area contributed by atoms with Gasteiger partial charge in [0.1, 0.15) is 5.75 Å². The van der Waals surface area contributed by atoms with Crippen LogP contribution in [0.3, 0.4) is 0 Å². The Hall–Kier alpha value is -3.52. The summed E-state index contributed by atoms with van der Waals surface area (Å²) in [5.41, 5.74) is 2.70. The summed E-state index contributed by atoms with van der Waals surface area (Å²) < 4.78 is 5.35. The van der Waals surface area contributed by atoms with Gasteiger partial charge in [-0.2, -0.15) is 0 Å². The first-order chi connectivity index (χ1) is 14.9.